The number of nitrogens with zero attached hydrogens (tertiary/aromatic N) is 2. The fourth-order valence-corrected chi connectivity index (χ4v) is 4.63. The maximum absolute atomic E-state index is 12.9. The number of para-hydroxylation sites is 1. The summed E-state index contributed by atoms with van der Waals surface area (Å²) in [5, 5.41) is 10.9. The minimum atomic E-state index is -0.449. The van der Waals surface area contributed by atoms with E-state index < -0.39 is 4.92 Å². The summed E-state index contributed by atoms with van der Waals surface area (Å²) in [5.74, 6) is 0.483. The van der Waals surface area contributed by atoms with Crippen molar-refractivity contribution in [2.24, 2.45) is 0 Å². The third-order valence-corrected chi connectivity index (χ3v) is 6.70. The Morgan fingerprint density at radius 3 is 2.50 bits per heavy atom. The fraction of sp³-hybridized carbons (Fsp3) is 0.154. The van der Waals surface area contributed by atoms with Crippen molar-refractivity contribution in [3.8, 4) is 11.5 Å². The van der Waals surface area contributed by atoms with E-state index in [-0.39, 0.29) is 30.0 Å². The Hall–Kier alpha value is -3.63. The molecule has 0 aromatic heterocycles. The Morgan fingerprint density at radius 2 is 1.78 bits per heavy atom. The number of hydrogen-bond donors (Lipinski definition) is 0. The molecule has 4 rings (SSSR count). The van der Waals surface area contributed by atoms with Gasteiger partial charge in [-0.25, -0.2) is 0 Å². The van der Waals surface area contributed by atoms with E-state index in [1.807, 2.05) is 31.2 Å². The molecule has 0 N–H and O–H groups in total. The number of nitro benzene ring substituents is 1. The summed E-state index contributed by atoms with van der Waals surface area (Å²) in [6.45, 7) is 2.38. The molecular weight excluding hydrogens is 548 g/mol. The van der Waals surface area contributed by atoms with Crippen LogP contribution >= 0.6 is 27.7 Å². The summed E-state index contributed by atoms with van der Waals surface area (Å²) in [6, 6.07) is 18.9. The third-order valence-electron chi connectivity index (χ3n) is 5.26. The van der Waals surface area contributed by atoms with Gasteiger partial charge in [0, 0.05) is 10.5 Å². The van der Waals surface area contributed by atoms with Crippen molar-refractivity contribution in [3.63, 3.8) is 0 Å². The van der Waals surface area contributed by atoms with Gasteiger partial charge in [0.2, 0.25) is 0 Å². The lowest BCUT2D eigenvalue weighted by atomic mass is 10.1. The molecule has 1 aliphatic heterocycles. The van der Waals surface area contributed by atoms with Crippen molar-refractivity contribution in [2.75, 3.05) is 6.61 Å². The summed E-state index contributed by atoms with van der Waals surface area (Å²) in [4.78, 5) is 37.8. The first-order chi connectivity index (χ1) is 17.4. The smallest absolute Gasteiger partial charge is 0.293 e. The maximum atomic E-state index is 12.9. The Balaban J connectivity index is 1.51. The van der Waals surface area contributed by atoms with Crippen molar-refractivity contribution < 1.29 is 24.0 Å². The Bertz CT molecular complexity index is 1340. The zero-order valence-electron chi connectivity index (χ0n) is 19.2. The number of hydrogen-bond acceptors (Lipinski definition) is 7. The summed E-state index contributed by atoms with van der Waals surface area (Å²) in [6.07, 6.45) is 1.64. The monoisotopic (exact) mass is 568 g/mol. The molecule has 10 heteroatoms. The Labute approximate surface area is 220 Å². The average molecular weight is 569 g/mol. The number of carbonyl (C=O) groups excluding carboxylic acids is 2. The van der Waals surface area contributed by atoms with Gasteiger partial charge in [-0.15, -0.1) is 0 Å². The van der Waals surface area contributed by atoms with Gasteiger partial charge in [-0.3, -0.25) is 24.6 Å². The number of carbonyl (C=O) groups is 2. The van der Waals surface area contributed by atoms with Gasteiger partial charge in [0.25, 0.3) is 16.8 Å². The number of halogens is 1. The van der Waals surface area contributed by atoms with E-state index in [1.165, 1.54) is 11.0 Å². The molecule has 0 saturated carbocycles. The second-order valence-corrected chi connectivity index (χ2v) is 9.62. The van der Waals surface area contributed by atoms with Crippen LogP contribution in [0, 0.1) is 10.1 Å². The largest absolute Gasteiger partial charge is 0.490 e. The standard InChI is InChI=1S/C26H21BrN2O6S/c1-2-34-23-13-18(9-12-22(23)35-16-19-5-3-4-6-21(19)29(32)33)14-24-25(30)28(26(31)36-24)15-17-7-10-20(27)11-8-17/h3-14H,2,15-16H2,1H3/b24-14-. The third kappa shape index (κ3) is 5.95. The van der Waals surface area contributed by atoms with E-state index in [1.54, 1.807) is 42.5 Å². The molecule has 3 aromatic rings. The number of benzene rings is 3. The van der Waals surface area contributed by atoms with E-state index >= 15 is 0 Å². The molecule has 0 radical (unpaired) electrons. The molecule has 1 heterocycles. The van der Waals surface area contributed by atoms with Gasteiger partial charge in [0.1, 0.15) is 6.61 Å². The first-order valence-electron chi connectivity index (χ1n) is 11.0. The number of imide groups is 1. The molecule has 3 aromatic carbocycles. The van der Waals surface area contributed by atoms with Crippen LogP contribution in [0.4, 0.5) is 10.5 Å². The van der Waals surface area contributed by atoms with Gasteiger partial charge < -0.3 is 9.47 Å². The van der Waals surface area contributed by atoms with E-state index in [0.717, 1.165) is 21.8 Å². The topological polar surface area (TPSA) is 99.0 Å². The minimum absolute atomic E-state index is 0.00841. The predicted octanol–water partition coefficient (Wildman–Crippen LogP) is 6.57. The predicted molar refractivity (Wildman–Crippen MR) is 141 cm³/mol. The van der Waals surface area contributed by atoms with Crippen LogP contribution in [0.3, 0.4) is 0 Å². The lowest BCUT2D eigenvalue weighted by Crippen LogP contribution is -2.27. The highest BCUT2D eigenvalue weighted by atomic mass is 79.9. The molecule has 36 heavy (non-hydrogen) atoms. The van der Waals surface area contributed by atoms with Crippen molar-refractivity contribution in [1.82, 2.24) is 4.90 Å². The van der Waals surface area contributed by atoms with Crippen LogP contribution in [0.2, 0.25) is 0 Å². The minimum Gasteiger partial charge on any atom is -0.490 e. The second-order valence-electron chi connectivity index (χ2n) is 7.71. The SMILES string of the molecule is CCOc1cc(/C=C2\SC(=O)N(Cc3ccc(Br)cc3)C2=O)ccc1OCc1ccccc1[N+](=O)[O-]. The second kappa shape index (κ2) is 11.4. The first-order valence-corrected chi connectivity index (χ1v) is 12.6. The molecule has 0 aliphatic carbocycles. The van der Waals surface area contributed by atoms with Crippen LogP contribution in [0.25, 0.3) is 6.08 Å². The number of ether oxygens (including phenoxy) is 2. The zero-order chi connectivity index (χ0) is 25.7. The van der Waals surface area contributed by atoms with Crippen LogP contribution in [0.5, 0.6) is 11.5 Å². The van der Waals surface area contributed by atoms with Crippen molar-refractivity contribution in [3.05, 3.63) is 103 Å². The van der Waals surface area contributed by atoms with Crippen LogP contribution in [0.1, 0.15) is 23.6 Å². The van der Waals surface area contributed by atoms with E-state index in [4.69, 9.17) is 9.47 Å². The zero-order valence-corrected chi connectivity index (χ0v) is 21.6. The Morgan fingerprint density at radius 1 is 1.03 bits per heavy atom. The van der Waals surface area contributed by atoms with E-state index in [9.17, 15) is 19.7 Å². The van der Waals surface area contributed by atoms with Crippen LogP contribution in [-0.4, -0.2) is 27.6 Å². The van der Waals surface area contributed by atoms with Gasteiger partial charge in [0.05, 0.1) is 28.5 Å². The first kappa shape index (κ1) is 25.5. The number of amides is 2. The normalized spacial score (nSPS) is 14.4. The van der Waals surface area contributed by atoms with Crippen LogP contribution < -0.4 is 9.47 Å². The van der Waals surface area contributed by atoms with Gasteiger partial charge in [-0.05, 0) is 66.2 Å². The average Bonchev–Trinajstić information content (AvgIpc) is 3.12. The van der Waals surface area contributed by atoms with Gasteiger partial charge >= 0.3 is 0 Å². The summed E-state index contributed by atoms with van der Waals surface area (Å²) >= 11 is 4.26. The lowest BCUT2D eigenvalue weighted by Gasteiger charge is -2.13. The van der Waals surface area contributed by atoms with Crippen molar-refractivity contribution >= 4 is 50.6 Å². The molecule has 1 saturated heterocycles. The molecule has 1 fully saturated rings. The fourth-order valence-electron chi connectivity index (χ4n) is 3.53. The molecule has 8 nitrogen and oxygen atoms in total. The molecule has 1 aliphatic rings. The lowest BCUT2D eigenvalue weighted by molar-refractivity contribution is -0.385. The summed E-state index contributed by atoms with van der Waals surface area (Å²) in [5.41, 5.74) is 1.92. The molecule has 0 spiro atoms. The van der Waals surface area contributed by atoms with Gasteiger partial charge in [-0.2, -0.15) is 0 Å². The molecule has 2 amide bonds. The number of nitro groups is 1. The number of rotatable bonds is 9. The van der Waals surface area contributed by atoms with E-state index in [0.29, 0.717) is 34.1 Å². The van der Waals surface area contributed by atoms with E-state index in [2.05, 4.69) is 15.9 Å². The quantitative estimate of drug-likeness (QED) is 0.163. The van der Waals surface area contributed by atoms with Gasteiger partial charge in [0.15, 0.2) is 11.5 Å². The summed E-state index contributed by atoms with van der Waals surface area (Å²) in [7, 11) is 0. The van der Waals surface area contributed by atoms with Crippen molar-refractivity contribution in [1.29, 1.82) is 0 Å². The molecular formula is C26H21BrN2O6S. The molecule has 184 valence electrons. The maximum Gasteiger partial charge on any atom is 0.293 e. The number of thioether (sulfide) groups is 1. The van der Waals surface area contributed by atoms with Gasteiger partial charge in [-0.1, -0.05) is 46.3 Å². The van der Waals surface area contributed by atoms with Crippen LogP contribution in [-0.2, 0) is 17.9 Å². The molecule has 0 atom stereocenters. The molecule has 0 bridgehead atoms. The highest BCUT2D eigenvalue weighted by molar-refractivity contribution is 9.10. The highest BCUT2D eigenvalue weighted by Crippen LogP contribution is 2.36. The van der Waals surface area contributed by atoms with Crippen molar-refractivity contribution in [2.45, 2.75) is 20.1 Å². The summed E-state index contributed by atoms with van der Waals surface area (Å²) < 4.78 is 12.5. The van der Waals surface area contributed by atoms with Crippen LogP contribution in [0.15, 0.2) is 76.1 Å². The Kier molecular flexibility index (Phi) is 8.07. The highest BCUT2D eigenvalue weighted by Gasteiger charge is 2.35. The molecule has 0 unspecified atom stereocenters.